The van der Waals surface area contributed by atoms with Gasteiger partial charge in [-0.3, -0.25) is 4.79 Å². The van der Waals surface area contributed by atoms with Crippen LogP contribution in [0.4, 0.5) is 0 Å². The van der Waals surface area contributed by atoms with Crippen molar-refractivity contribution in [1.82, 2.24) is 4.90 Å². The maximum atomic E-state index is 12.3. The lowest BCUT2D eigenvalue weighted by Gasteiger charge is -2.20. The van der Waals surface area contributed by atoms with E-state index < -0.39 is 6.29 Å². The molecule has 0 atom stereocenters. The van der Waals surface area contributed by atoms with Gasteiger partial charge in [-0.2, -0.15) is 0 Å². The Hall–Kier alpha value is -1.59. The molecule has 0 aliphatic rings. The predicted octanol–water partition coefficient (Wildman–Crippen LogP) is 2.95. The zero-order chi connectivity index (χ0) is 16.4. The van der Waals surface area contributed by atoms with Crippen LogP contribution in [-0.4, -0.2) is 50.0 Å². The SMILES string of the molecule is CCOC(COc1cccc(C(=O)N(CC)CC)c1)OCC. The number of hydrogen-bond donors (Lipinski definition) is 0. The Kier molecular flexibility index (Phi) is 8.55. The summed E-state index contributed by atoms with van der Waals surface area (Å²) in [7, 11) is 0. The monoisotopic (exact) mass is 309 g/mol. The number of nitrogens with zero attached hydrogens (tertiary/aromatic N) is 1. The second kappa shape index (κ2) is 10.2. The lowest BCUT2D eigenvalue weighted by Crippen LogP contribution is -2.30. The van der Waals surface area contributed by atoms with Crippen LogP contribution in [0.5, 0.6) is 5.75 Å². The number of carbonyl (C=O) groups excluding carboxylic acids is 1. The van der Waals surface area contributed by atoms with Crippen LogP contribution >= 0.6 is 0 Å². The van der Waals surface area contributed by atoms with Crippen LogP contribution < -0.4 is 4.74 Å². The molecule has 124 valence electrons. The normalized spacial score (nSPS) is 10.8. The molecule has 1 rings (SSSR count). The molecule has 0 aromatic heterocycles. The van der Waals surface area contributed by atoms with E-state index in [1.807, 2.05) is 39.8 Å². The van der Waals surface area contributed by atoms with Gasteiger partial charge < -0.3 is 19.1 Å². The fraction of sp³-hybridized carbons (Fsp3) is 0.588. The van der Waals surface area contributed by atoms with Crippen LogP contribution in [0.1, 0.15) is 38.1 Å². The van der Waals surface area contributed by atoms with Gasteiger partial charge in [-0.05, 0) is 45.9 Å². The molecule has 0 N–H and O–H groups in total. The predicted molar refractivity (Wildman–Crippen MR) is 86.2 cm³/mol. The average molecular weight is 309 g/mol. The zero-order valence-electron chi connectivity index (χ0n) is 14.0. The first kappa shape index (κ1) is 18.5. The highest BCUT2D eigenvalue weighted by Crippen LogP contribution is 2.16. The van der Waals surface area contributed by atoms with E-state index in [4.69, 9.17) is 14.2 Å². The van der Waals surface area contributed by atoms with Crippen LogP contribution in [0.2, 0.25) is 0 Å². The first-order valence-electron chi connectivity index (χ1n) is 7.91. The molecule has 0 radical (unpaired) electrons. The number of carbonyl (C=O) groups is 1. The van der Waals surface area contributed by atoms with E-state index in [9.17, 15) is 4.79 Å². The fourth-order valence-corrected chi connectivity index (χ4v) is 2.09. The molecule has 1 aromatic carbocycles. The van der Waals surface area contributed by atoms with Gasteiger partial charge in [-0.25, -0.2) is 0 Å². The molecule has 0 saturated heterocycles. The molecule has 0 heterocycles. The summed E-state index contributed by atoms with van der Waals surface area (Å²) in [5, 5.41) is 0. The van der Waals surface area contributed by atoms with Crippen molar-refractivity contribution in [3.05, 3.63) is 29.8 Å². The van der Waals surface area contributed by atoms with E-state index in [1.54, 1.807) is 17.0 Å². The third-order valence-electron chi connectivity index (χ3n) is 3.22. The van der Waals surface area contributed by atoms with E-state index in [-0.39, 0.29) is 5.91 Å². The first-order chi connectivity index (χ1) is 10.7. The molecule has 0 aliphatic carbocycles. The maximum Gasteiger partial charge on any atom is 0.253 e. The molecule has 0 unspecified atom stereocenters. The third-order valence-corrected chi connectivity index (χ3v) is 3.22. The van der Waals surface area contributed by atoms with Gasteiger partial charge in [0.15, 0.2) is 6.29 Å². The Balaban J connectivity index is 2.69. The minimum absolute atomic E-state index is 0.0154. The van der Waals surface area contributed by atoms with Crippen molar-refractivity contribution in [3.63, 3.8) is 0 Å². The van der Waals surface area contributed by atoms with Crippen molar-refractivity contribution in [1.29, 1.82) is 0 Å². The lowest BCUT2D eigenvalue weighted by atomic mass is 10.2. The highest BCUT2D eigenvalue weighted by atomic mass is 16.7. The zero-order valence-corrected chi connectivity index (χ0v) is 14.0. The molecule has 1 aromatic rings. The summed E-state index contributed by atoms with van der Waals surface area (Å²) in [5.41, 5.74) is 0.630. The summed E-state index contributed by atoms with van der Waals surface area (Å²) < 4.78 is 16.6. The Morgan fingerprint density at radius 2 is 1.73 bits per heavy atom. The summed E-state index contributed by atoms with van der Waals surface area (Å²) in [6, 6.07) is 7.21. The fourth-order valence-electron chi connectivity index (χ4n) is 2.09. The summed E-state index contributed by atoms with van der Waals surface area (Å²) in [4.78, 5) is 14.1. The highest BCUT2D eigenvalue weighted by molar-refractivity contribution is 5.94. The summed E-state index contributed by atoms with van der Waals surface area (Å²) in [6.45, 7) is 10.6. The molecule has 0 aliphatic heterocycles. The van der Waals surface area contributed by atoms with Crippen LogP contribution in [0.3, 0.4) is 0 Å². The number of rotatable bonds is 10. The van der Waals surface area contributed by atoms with Gasteiger partial charge in [0.25, 0.3) is 5.91 Å². The van der Waals surface area contributed by atoms with E-state index in [0.717, 1.165) is 0 Å². The number of benzene rings is 1. The van der Waals surface area contributed by atoms with E-state index in [0.29, 0.717) is 44.2 Å². The summed E-state index contributed by atoms with van der Waals surface area (Å²) >= 11 is 0. The van der Waals surface area contributed by atoms with Gasteiger partial charge in [-0.15, -0.1) is 0 Å². The molecule has 5 heteroatoms. The maximum absolute atomic E-state index is 12.3. The number of hydrogen-bond acceptors (Lipinski definition) is 4. The number of amides is 1. The topological polar surface area (TPSA) is 48.0 Å². The smallest absolute Gasteiger partial charge is 0.253 e. The average Bonchev–Trinajstić information content (AvgIpc) is 2.54. The van der Waals surface area contributed by atoms with Crippen LogP contribution in [0.25, 0.3) is 0 Å². The van der Waals surface area contributed by atoms with Gasteiger partial charge in [-0.1, -0.05) is 6.07 Å². The standard InChI is InChI=1S/C17H27NO4/c1-5-18(6-2)17(19)14-10-9-11-15(12-14)22-13-16(20-7-3)21-8-4/h9-12,16H,5-8,13H2,1-4H3. The van der Waals surface area contributed by atoms with Crippen molar-refractivity contribution in [2.24, 2.45) is 0 Å². The summed E-state index contributed by atoms with van der Waals surface area (Å²) in [6.07, 6.45) is -0.392. The van der Waals surface area contributed by atoms with Gasteiger partial charge in [0.1, 0.15) is 12.4 Å². The van der Waals surface area contributed by atoms with E-state index in [1.165, 1.54) is 0 Å². The minimum Gasteiger partial charge on any atom is -0.488 e. The second-order valence-corrected chi connectivity index (χ2v) is 4.66. The minimum atomic E-state index is -0.392. The van der Waals surface area contributed by atoms with Gasteiger partial charge in [0.2, 0.25) is 0 Å². The van der Waals surface area contributed by atoms with Crippen molar-refractivity contribution < 1.29 is 19.0 Å². The molecular weight excluding hydrogens is 282 g/mol. The van der Waals surface area contributed by atoms with Gasteiger partial charge in [0, 0.05) is 31.9 Å². The van der Waals surface area contributed by atoms with Gasteiger partial charge >= 0.3 is 0 Å². The molecule has 0 saturated carbocycles. The van der Waals surface area contributed by atoms with E-state index in [2.05, 4.69) is 0 Å². The van der Waals surface area contributed by atoms with Crippen molar-refractivity contribution in [2.45, 2.75) is 34.0 Å². The van der Waals surface area contributed by atoms with E-state index >= 15 is 0 Å². The molecule has 0 bridgehead atoms. The van der Waals surface area contributed by atoms with Crippen molar-refractivity contribution >= 4 is 5.91 Å². The quantitative estimate of drug-likeness (QED) is 0.624. The summed E-state index contributed by atoms with van der Waals surface area (Å²) in [5.74, 6) is 0.657. The lowest BCUT2D eigenvalue weighted by molar-refractivity contribution is -0.152. The van der Waals surface area contributed by atoms with Crippen LogP contribution in [-0.2, 0) is 9.47 Å². The Morgan fingerprint density at radius 3 is 2.27 bits per heavy atom. The molecule has 1 amide bonds. The highest BCUT2D eigenvalue weighted by Gasteiger charge is 2.14. The van der Waals surface area contributed by atoms with Crippen LogP contribution in [0.15, 0.2) is 24.3 Å². The Morgan fingerprint density at radius 1 is 1.09 bits per heavy atom. The van der Waals surface area contributed by atoms with Crippen LogP contribution in [0, 0.1) is 0 Å². The van der Waals surface area contributed by atoms with Gasteiger partial charge in [0.05, 0.1) is 0 Å². The number of ether oxygens (including phenoxy) is 3. The third kappa shape index (κ3) is 5.66. The van der Waals surface area contributed by atoms with Crippen molar-refractivity contribution in [2.75, 3.05) is 32.9 Å². The molecule has 5 nitrogen and oxygen atoms in total. The Labute approximate surface area is 133 Å². The molecule has 0 spiro atoms. The molecular formula is C17H27NO4. The molecule has 22 heavy (non-hydrogen) atoms. The molecule has 0 fully saturated rings. The van der Waals surface area contributed by atoms with Crippen molar-refractivity contribution in [3.8, 4) is 5.75 Å². The largest absolute Gasteiger partial charge is 0.488 e. The Bertz CT molecular complexity index is 440. The second-order valence-electron chi connectivity index (χ2n) is 4.66. The first-order valence-corrected chi connectivity index (χ1v) is 7.91.